The van der Waals surface area contributed by atoms with Crippen molar-refractivity contribution >= 4 is 0 Å². The van der Waals surface area contributed by atoms with Gasteiger partial charge in [-0.3, -0.25) is 4.90 Å². The number of likely N-dealkylation sites (N-methyl/N-ethyl adjacent to an activating group) is 1. The highest BCUT2D eigenvalue weighted by atomic mass is 15.2. The fraction of sp³-hybridized carbons (Fsp3) is 0.600. The molecule has 2 heteroatoms. The van der Waals surface area contributed by atoms with Gasteiger partial charge in [-0.2, -0.15) is 0 Å². The largest absolute Gasteiger partial charge is 0.312 e. The Labute approximate surface area is 104 Å². The van der Waals surface area contributed by atoms with Crippen molar-refractivity contribution in [3.05, 3.63) is 35.9 Å². The van der Waals surface area contributed by atoms with Crippen LogP contribution in [0.3, 0.4) is 0 Å². The van der Waals surface area contributed by atoms with Crippen LogP contribution in [0.15, 0.2) is 30.3 Å². The summed E-state index contributed by atoms with van der Waals surface area (Å²) in [4.78, 5) is 2.56. The predicted octanol–water partition coefficient (Wildman–Crippen LogP) is 2.57. The van der Waals surface area contributed by atoms with Gasteiger partial charge in [0.25, 0.3) is 0 Å². The first kappa shape index (κ1) is 11.2. The zero-order valence-corrected chi connectivity index (χ0v) is 10.6. The molecule has 0 bridgehead atoms. The highest BCUT2D eigenvalue weighted by Crippen LogP contribution is 2.33. The maximum atomic E-state index is 3.68. The summed E-state index contributed by atoms with van der Waals surface area (Å²) in [5.41, 5.74) is 1.45. The van der Waals surface area contributed by atoms with Gasteiger partial charge in [0.15, 0.2) is 0 Å². The summed E-state index contributed by atoms with van der Waals surface area (Å²) in [5, 5.41) is 3.68. The third-order valence-corrected chi connectivity index (χ3v) is 3.98. The van der Waals surface area contributed by atoms with Crippen molar-refractivity contribution in [3.8, 4) is 0 Å². The van der Waals surface area contributed by atoms with E-state index in [0.29, 0.717) is 6.04 Å². The van der Waals surface area contributed by atoms with E-state index in [9.17, 15) is 0 Å². The maximum absolute atomic E-state index is 3.68. The van der Waals surface area contributed by atoms with Gasteiger partial charge < -0.3 is 5.32 Å². The molecule has 3 rings (SSSR count). The van der Waals surface area contributed by atoms with Gasteiger partial charge in [-0.05, 0) is 38.3 Å². The number of hydrogen-bond donors (Lipinski definition) is 1. The zero-order chi connectivity index (χ0) is 11.7. The number of nitrogens with zero attached hydrogens (tertiary/aromatic N) is 1. The maximum Gasteiger partial charge on any atom is 0.0472 e. The van der Waals surface area contributed by atoms with Crippen LogP contribution in [-0.4, -0.2) is 30.6 Å². The zero-order valence-electron chi connectivity index (χ0n) is 10.6. The van der Waals surface area contributed by atoms with Crippen LogP contribution >= 0.6 is 0 Å². The van der Waals surface area contributed by atoms with E-state index in [1.165, 1.54) is 31.2 Å². The standard InChI is InChI=1S/C15H22N2/c1-17(14-9-10-14)15(11-16-13-7-8-13)12-5-3-2-4-6-12/h2-6,13-16H,7-11H2,1H3. The third kappa shape index (κ3) is 2.88. The van der Waals surface area contributed by atoms with E-state index in [4.69, 9.17) is 0 Å². The molecule has 2 saturated carbocycles. The Morgan fingerprint density at radius 3 is 2.47 bits per heavy atom. The molecule has 0 heterocycles. The molecule has 1 unspecified atom stereocenters. The van der Waals surface area contributed by atoms with Crippen molar-refractivity contribution in [2.75, 3.05) is 13.6 Å². The van der Waals surface area contributed by atoms with Crippen LogP contribution in [0.25, 0.3) is 0 Å². The van der Waals surface area contributed by atoms with Crippen molar-refractivity contribution < 1.29 is 0 Å². The molecular formula is C15H22N2. The van der Waals surface area contributed by atoms with E-state index < -0.39 is 0 Å². The minimum absolute atomic E-state index is 0.546. The normalized spacial score (nSPS) is 21.8. The second-order valence-corrected chi connectivity index (χ2v) is 5.51. The summed E-state index contributed by atoms with van der Waals surface area (Å²) < 4.78 is 0. The van der Waals surface area contributed by atoms with E-state index in [-0.39, 0.29) is 0 Å². The fourth-order valence-electron chi connectivity index (χ4n) is 2.47. The minimum atomic E-state index is 0.546. The van der Waals surface area contributed by atoms with Gasteiger partial charge in [-0.15, -0.1) is 0 Å². The van der Waals surface area contributed by atoms with Gasteiger partial charge in [0.05, 0.1) is 0 Å². The molecule has 17 heavy (non-hydrogen) atoms. The molecule has 92 valence electrons. The molecule has 2 aliphatic rings. The summed E-state index contributed by atoms with van der Waals surface area (Å²) in [7, 11) is 2.28. The van der Waals surface area contributed by atoms with E-state index in [2.05, 4.69) is 47.6 Å². The van der Waals surface area contributed by atoms with Gasteiger partial charge in [0, 0.05) is 24.7 Å². The van der Waals surface area contributed by atoms with Crippen molar-refractivity contribution in [1.29, 1.82) is 0 Å². The van der Waals surface area contributed by atoms with Crippen molar-refractivity contribution in [2.45, 2.75) is 43.8 Å². The Morgan fingerprint density at radius 1 is 1.18 bits per heavy atom. The van der Waals surface area contributed by atoms with Gasteiger partial charge in [-0.1, -0.05) is 30.3 Å². The average Bonchev–Trinajstić information content (AvgIpc) is 3.23. The number of hydrogen-bond acceptors (Lipinski definition) is 2. The van der Waals surface area contributed by atoms with Crippen LogP contribution in [0.5, 0.6) is 0 Å². The highest BCUT2D eigenvalue weighted by Gasteiger charge is 2.32. The van der Waals surface area contributed by atoms with Crippen molar-refractivity contribution in [3.63, 3.8) is 0 Å². The highest BCUT2D eigenvalue weighted by molar-refractivity contribution is 5.20. The molecule has 1 N–H and O–H groups in total. The second-order valence-electron chi connectivity index (χ2n) is 5.51. The van der Waals surface area contributed by atoms with Crippen LogP contribution < -0.4 is 5.32 Å². The van der Waals surface area contributed by atoms with Crippen LogP contribution in [0.1, 0.15) is 37.3 Å². The Bertz CT molecular complexity index is 354. The van der Waals surface area contributed by atoms with E-state index in [0.717, 1.165) is 18.6 Å². The lowest BCUT2D eigenvalue weighted by Crippen LogP contribution is -2.35. The first-order valence-corrected chi connectivity index (χ1v) is 6.85. The molecule has 2 nitrogen and oxygen atoms in total. The van der Waals surface area contributed by atoms with Gasteiger partial charge in [0.1, 0.15) is 0 Å². The Morgan fingerprint density at radius 2 is 1.88 bits per heavy atom. The quantitative estimate of drug-likeness (QED) is 0.808. The van der Waals surface area contributed by atoms with Crippen LogP contribution in [0.2, 0.25) is 0 Å². The Balaban J connectivity index is 1.69. The van der Waals surface area contributed by atoms with Gasteiger partial charge in [-0.25, -0.2) is 0 Å². The molecule has 0 radical (unpaired) electrons. The van der Waals surface area contributed by atoms with Crippen molar-refractivity contribution in [1.82, 2.24) is 10.2 Å². The Kier molecular flexibility index (Phi) is 3.17. The number of benzene rings is 1. The second kappa shape index (κ2) is 4.79. The summed E-state index contributed by atoms with van der Waals surface area (Å²) in [6.45, 7) is 1.10. The molecule has 0 spiro atoms. The van der Waals surface area contributed by atoms with Gasteiger partial charge in [0.2, 0.25) is 0 Å². The van der Waals surface area contributed by atoms with E-state index in [1.54, 1.807) is 0 Å². The molecule has 1 atom stereocenters. The summed E-state index contributed by atoms with van der Waals surface area (Å²) in [6, 6.07) is 13.1. The van der Waals surface area contributed by atoms with Crippen LogP contribution in [-0.2, 0) is 0 Å². The topological polar surface area (TPSA) is 15.3 Å². The number of rotatable bonds is 6. The predicted molar refractivity (Wildman–Crippen MR) is 71.0 cm³/mol. The fourth-order valence-corrected chi connectivity index (χ4v) is 2.47. The molecule has 0 aromatic heterocycles. The number of nitrogens with one attached hydrogen (secondary N) is 1. The molecule has 0 saturated heterocycles. The molecule has 1 aromatic rings. The SMILES string of the molecule is CN(C1CC1)C(CNC1CC1)c1ccccc1. The average molecular weight is 230 g/mol. The molecule has 0 amide bonds. The molecular weight excluding hydrogens is 208 g/mol. The summed E-state index contributed by atoms with van der Waals surface area (Å²) in [5.74, 6) is 0. The summed E-state index contributed by atoms with van der Waals surface area (Å²) in [6.07, 6.45) is 5.50. The van der Waals surface area contributed by atoms with Gasteiger partial charge >= 0.3 is 0 Å². The Hall–Kier alpha value is -0.860. The molecule has 2 fully saturated rings. The lowest BCUT2D eigenvalue weighted by Gasteiger charge is -2.29. The molecule has 2 aliphatic carbocycles. The monoisotopic (exact) mass is 230 g/mol. The van der Waals surface area contributed by atoms with Crippen LogP contribution in [0.4, 0.5) is 0 Å². The first-order chi connectivity index (χ1) is 8.34. The summed E-state index contributed by atoms with van der Waals surface area (Å²) >= 11 is 0. The van der Waals surface area contributed by atoms with Crippen molar-refractivity contribution in [2.24, 2.45) is 0 Å². The van der Waals surface area contributed by atoms with E-state index >= 15 is 0 Å². The lowest BCUT2D eigenvalue weighted by atomic mass is 10.1. The first-order valence-electron chi connectivity index (χ1n) is 6.85. The molecule has 0 aliphatic heterocycles. The smallest absolute Gasteiger partial charge is 0.0472 e. The minimum Gasteiger partial charge on any atom is -0.312 e. The third-order valence-electron chi connectivity index (χ3n) is 3.98. The van der Waals surface area contributed by atoms with Crippen LogP contribution in [0, 0.1) is 0 Å². The molecule has 1 aromatic carbocycles. The lowest BCUT2D eigenvalue weighted by molar-refractivity contribution is 0.228. The van der Waals surface area contributed by atoms with E-state index in [1.807, 2.05) is 0 Å².